The number of nitro groups is 3. The normalized spacial score (nSPS) is 17.9. The standard InChI is InChI=1S/C17H26N2O2Si.C14H18O2.C13H14N2O2.C13H25N.C12H13NO.C11H13NO3.C11H15NO.C10H10BrNO3.C6H3BrFNO2.C4H2Cl2N2.C4H8O/c1-17(7-8-17)21-15-5-6-16-14(11-15)12-18-19(16)13-20-9-10-22(2,3)4;1-10-8-13(16-14(3)6-7-14)5-4-12(10)9-11(2)15;1-9(16)15-12-4-3-11(7-10(12)8-14-15)17-13(2)5-6-13;1-14(12-8-4-2-5-9-12)13-10-6-3-7-11-13;1-12(4-5-12)14-11-3-2-9-7-13-8-10(9)6-11;1-8-7-9(15-11(2)5-6-11)3-4-10(8)12(13)14;1-8-7-9(3-4-10(8)12)13-11(2)5-6-11;1-10(4-5-10)15-7-2-3-9(12(13)14)8(11)6-7;7-5-3-4(8)1-2-6(5)9(10)11;5-3-1-4(6)8-2-7-3;1-4(5)2-3-4/h5-6,11-12H,7-10,13H2,1-4H3;4-5,8H,6-7,9H2,1-3H3;3-4,7-8H,5-6H2,1-2H3;12-13H,2-11H2,1H3;2-3,6,8H,4-5,7H2,1H3;3-4,7H,5-6H2,1-2H3;3-4,7H,5-6,12H2,1-2H3;2-3,6H,4-5H2,1H3;1-3H;1-2H;5H,2-3H2,1H3. The maximum atomic E-state index is 12.4. The number of ether oxygens (including phenoxy) is 8. The molecule has 0 bridgehead atoms. The Morgan fingerprint density at radius 2 is 0.873 bits per heavy atom. The number of aliphatic imine (C=N–C) groups is 1. The molecule has 150 heavy (non-hydrogen) atoms. The summed E-state index contributed by atoms with van der Waals surface area (Å²) >= 11 is 16.8. The molecule has 0 saturated heterocycles. The molecular weight excluding hydrogens is 2100 g/mol. The first-order chi connectivity index (χ1) is 70.7. The highest BCUT2D eigenvalue weighted by Gasteiger charge is 2.45. The summed E-state index contributed by atoms with van der Waals surface area (Å²) in [5.74, 6) is 5.64. The van der Waals surface area contributed by atoms with Gasteiger partial charge in [0.25, 0.3) is 17.1 Å². The number of nitrogens with two attached hydrogens (primary N) is 1. The monoisotopic (exact) mass is 2240 g/mol. The van der Waals surface area contributed by atoms with E-state index in [1.54, 1.807) is 44.3 Å². The van der Waals surface area contributed by atoms with Gasteiger partial charge in [0.1, 0.15) is 114 Å². The van der Waals surface area contributed by atoms with Crippen LogP contribution in [-0.2, 0) is 29.2 Å². The highest BCUT2D eigenvalue weighted by molar-refractivity contribution is 9.11. The van der Waals surface area contributed by atoms with E-state index in [9.17, 15) is 44.3 Å². The molecule has 808 valence electrons. The van der Waals surface area contributed by atoms with Crippen LogP contribution in [0.2, 0.25) is 36.0 Å². The van der Waals surface area contributed by atoms with Gasteiger partial charge in [-0.25, -0.2) is 23.7 Å². The van der Waals surface area contributed by atoms with Gasteiger partial charge in [-0.2, -0.15) is 10.2 Å². The van der Waals surface area contributed by atoms with Crippen molar-refractivity contribution in [2.45, 2.75) is 359 Å². The number of anilines is 1. The highest BCUT2D eigenvalue weighted by atomic mass is 79.9. The lowest BCUT2D eigenvalue weighted by Crippen LogP contribution is -2.42. The van der Waals surface area contributed by atoms with Crippen molar-refractivity contribution in [3.05, 3.63) is 259 Å². The molecule has 4 heterocycles. The first-order valence-electron chi connectivity index (χ1n) is 52.0. The number of aliphatic hydroxyl groups is 1. The molecule has 0 radical (unpaired) electrons. The number of Topliss-reactive ketones (excluding diaryl/α,β-unsaturated/α-hetero) is 1. The molecule has 1 aliphatic heterocycles. The number of fused-ring (bicyclic) bond motifs is 3. The van der Waals surface area contributed by atoms with Gasteiger partial charge in [-0.15, -0.1) is 0 Å². The summed E-state index contributed by atoms with van der Waals surface area (Å²) in [5.41, 5.74) is 15.0. The Morgan fingerprint density at radius 3 is 1.27 bits per heavy atom. The summed E-state index contributed by atoms with van der Waals surface area (Å²) in [6, 6.07) is 47.3. The molecule has 3 N–H and O–H groups in total. The molecule has 0 unspecified atom stereocenters. The number of aromatic nitrogens is 6. The summed E-state index contributed by atoms with van der Waals surface area (Å²) in [4.78, 5) is 66.5. The van der Waals surface area contributed by atoms with Crippen LogP contribution < -0.4 is 38.9 Å². The number of aryl methyl sites for hydroxylation is 3. The Bertz CT molecular complexity index is 6400. The number of rotatable bonds is 26. The smallest absolute Gasteiger partial charge is 0.283 e. The summed E-state index contributed by atoms with van der Waals surface area (Å²) in [6.07, 6.45) is 39.8. The van der Waals surface area contributed by atoms with E-state index in [1.165, 1.54) is 130 Å². The number of carbonyl (C=O) groups excluding carboxylic acids is 2. The molecule has 22 rings (SSSR count). The molecule has 0 spiro atoms. The van der Waals surface area contributed by atoms with Crippen LogP contribution >= 0.6 is 55.1 Å². The van der Waals surface area contributed by atoms with E-state index in [0.717, 1.165) is 212 Å². The lowest BCUT2D eigenvalue weighted by atomic mass is 9.89. The number of ketones is 1. The van der Waals surface area contributed by atoms with E-state index in [2.05, 4.69) is 154 Å². The number of nitrogen functional groups attached to an aromatic ring is 1. The Kier molecular flexibility index (Phi) is 40.5. The van der Waals surface area contributed by atoms with Gasteiger partial charge in [0, 0.05) is 104 Å². The third kappa shape index (κ3) is 39.3. The van der Waals surface area contributed by atoms with Crippen LogP contribution in [0.4, 0.5) is 27.1 Å². The molecule has 0 amide bonds. The number of nitro benzene ring substituents is 3. The van der Waals surface area contributed by atoms with E-state index >= 15 is 0 Å². The molecule has 29 nitrogen and oxygen atoms in total. The van der Waals surface area contributed by atoms with Gasteiger partial charge in [0.15, 0.2) is 0 Å². The fourth-order valence-electron chi connectivity index (χ4n) is 16.1. The molecule has 10 fully saturated rings. The number of carbonyl (C=O) groups is 2. The zero-order valence-corrected chi connectivity index (χ0v) is 95.4. The first-order valence-corrected chi connectivity index (χ1v) is 58.1. The summed E-state index contributed by atoms with van der Waals surface area (Å²) in [7, 11) is 1.35. The van der Waals surface area contributed by atoms with Crippen LogP contribution in [-0.4, -0.2) is 151 Å². The van der Waals surface area contributed by atoms with Crippen molar-refractivity contribution in [2.24, 2.45) is 4.99 Å². The molecule has 0 atom stereocenters. The highest BCUT2D eigenvalue weighted by Crippen LogP contribution is 2.47. The van der Waals surface area contributed by atoms with Crippen molar-refractivity contribution in [3.8, 4) is 40.2 Å². The van der Waals surface area contributed by atoms with Crippen LogP contribution in [0.1, 0.15) is 274 Å². The van der Waals surface area contributed by atoms with Crippen molar-refractivity contribution in [1.29, 1.82) is 0 Å². The summed E-state index contributed by atoms with van der Waals surface area (Å²) in [5, 5.41) is 51.2. The molecule has 8 aromatic carbocycles. The number of nitrogens with zero attached hydrogens (tertiary/aromatic N) is 11. The van der Waals surface area contributed by atoms with E-state index < -0.39 is 23.7 Å². The molecule has 10 saturated carbocycles. The second-order valence-corrected chi connectivity index (χ2v) is 52.6. The fourth-order valence-corrected chi connectivity index (χ4v) is 18.2. The Balaban J connectivity index is 0.000000148. The van der Waals surface area contributed by atoms with Gasteiger partial charge >= 0.3 is 0 Å². The van der Waals surface area contributed by atoms with Crippen molar-refractivity contribution in [2.75, 3.05) is 19.4 Å². The second kappa shape index (κ2) is 51.6. The van der Waals surface area contributed by atoms with Crippen molar-refractivity contribution in [3.63, 3.8) is 0 Å². The summed E-state index contributed by atoms with van der Waals surface area (Å²) < 4.78 is 62.9. The first kappa shape index (κ1) is 118. The number of hydrogen-bond acceptors (Lipinski definition) is 24. The van der Waals surface area contributed by atoms with E-state index in [4.69, 9.17) is 71.9 Å². The van der Waals surface area contributed by atoms with Gasteiger partial charge in [0.05, 0.1) is 59.3 Å². The van der Waals surface area contributed by atoms with Crippen LogP contribution in [0.15, 0.2) is 184 Å². The van der Waals surface area contributed by atoms with Gasteiger partial charge < -0.3 is 53.6 Å². The van der Waals surface area contributed by atoms with E-state index in [0.29, 0.717) is 39.2 Å². The average molecular weight is 2250 g/mol. The largest absolute Gasteiger partial charge is 0.488 e. The van der Waals surface area contributed by atoms with Crippen molar-refractivity contribution < 1.29 is 71.8 Å². The number of benzene rings is 8. The lowest BCUT2D eigenvalue weighted by molar-refractivity contribution is -0.385. The minimum atomic E-state index is -1.03. The third-order valence-electron chi connectivity index (χ3n) is 28.0. The molecular formula is C115H147Br2Cl2FN12O17Si. The Hall–Kier alpha value is -11.0. The van der Waals surface area contributed by atoms with Crippen LogP contribution in [0.3, 0.4) is 0 Å². The maximum absolute atomic E-state index is 12.4. The van der Waals surface area contributed by atoms with Gasteiger partial charge in [-0.3, -0.25) is 44.9 Å². The third-order valence-corrected chi connectivity index (χ3v) is 31.3. The topological polar surface area (TPSA) is 361 Å². The Morgan fingerprint density at radius 1 is 0.493 bits per heavy atom. The second-order valence-electron chi connectivity index (χ2n) is 44.5. The van der Waals surface area contributed by atoms with E-state index in [1.807, 2.05) is 112 Å². The zero-order valence-electron chi connectivity index (χ0n) is 89.7. The quantitative estimate of drug-likeness (QED) is 0.0127. The van der Waals surface area contributed by atoms with Gasteiger partial charge in [-0.05, 0) is 388 Å². The maximum Gasteiger partial charge on any atom is 0.283 e. The van der Waals surface area contributed by atoms with Crippen LogP contribution in [0.25, 0.3) is 21.8 Å². The molecule has 10 aliphatic carbocycles. The molecule has 11 aromatic rings. The molecule has 35 heteroatoms. The van der Waals surface area contributed by atoms with Crippen molar-refractivity contribution >= 4 is 126 Å². The zero-order chi connectivity index (χ0) is 109. The fraction of sp³-hybridized carbons (Fsp3) is 0.504. The SMILES string of the molecule is CC(=O)Cc1ccc(OC2(C)CC2)cc1C.CC(=O)n1ncc2cc(OC3(C)CC3)ccc21.CC1(O)CC1.CC1(Oc2ccc([N+](=O)[O-])c(Br)c2)CC1.CC1(Oc2ccc3c(c2)C=NC3)CC1.CC1(Oc2ccc3c(cnn3COCC[Si](C)(C)C)c2)CC1.CN(C1CCCCC1)C1CCCCC1.Cc1cc(OC2(C)CC2)ccc1N.Cc1cc(OC2(C)CC2)ccc1[N+](=O)[O-].Clc1cc(Cl)ncn1.O=[N+]([O-])c1ccc(F)cc1Br. The molecule has 11 aliphatic rings. The van der Waals surface area contributed by atoms with Crippen LogP contribution in [0.5, 0.6) is 40.2 Å². The minimum Gasteiger partial charge on any atom is -0.488 e. The average Bonchev–Trinajstić information content (AvgIpc) is 1.65. The Labute approximate surface area is 908 Å². The number of hydrogen-bond donors (Lipinski definition) is 2. The predicted molar refractivity (Wildman–Crippen MR) is 599 cm³/mol. The minimum absolute atomic E-state index is 0.0181. The van der Waals surface area contributed by atoms with Crippen molar-refractivity contribution in [1.82, 2.24) is 34.4 Å². The molecule has 3 aromatic heterocycles. The van der Waals surface area contributed by atoms with Gasteiger partial charge in [-0.1, -0.05) is 93.5 Å². The lowest BCUT2D eigenvalue weighted by Gasteiger charge is -2.39. The van der Waals surface area contributed by atoms with E-state index in [-0.39, 0.29) is 83.0 Å². The number of halogens is 5. The van der Waals surface area contributed by atoms with Gasteiger partial charge in [0.2, 0.25) is 5.91 Å². The summed E-state index contributed by atoms with van der Waals surface area (Å²) in [6.45, 7) is 34.7. The van der Waals surface area contributed by atoms with Crippen LogP contribution in [0, 0.1) is 56.9 Å². The predicted octanol–water partition coefficient (Wildman–Crippen LogP) is 29.5.